The predicted molar refractivity (Wildman–Crippen MR) is 86.8 cm³/mol. The first-order valence-corrected chi connectivity index (χ1v) is 7.58. The van der Waals surface area contributed by atoms with Crippen molar-refractivity contribution < 1.29 is 4.74 Å². The maximum absolute atomic E-state index is 5.55. The highest BCUT2D eigenvalue weighted by Gasteiger charge is 2.14. The van der Waals surface area contributed by atoms with Crippen molar-refractivity contribution in [1.29, 1.82) is 0 Å². The van der Waals surface area contributed by atoms with Crippen molar-refractivity contribution in [2.75, 3.05) is 11.9 Å². The van der Waals surface area contributed by atoms with Crippen LogP contribution < -0.4 is 10.1 Å². The van der Waals surface area contributed by atoms with Gasteiger partial charge in [-0.1, -0.05) is 12.1 Å². The van der Waals surface area contributed by atoms with Gasteiger partial charge in [-0.05, 0) is 71.0 Å². The summed E-state index contributed by atoms with van der Waals surface area (Å²) in [5.74, 6) is 1.05. The van der Waals surface area contributed by atoms with E-state index in [9.17, 15) is 0 Å². The highest BCUT2D eigenvalue weighted by atomic mass is 127. The third kappa shape index (κ3) is 2.86. The summed E-state index contributed by atoms with van der Waals surface area (Å²) in [6.45, 7) is 3.01. The van der Waals surface area contributed by atoms with E-state index in [1.54, 1.807) is 0 Å². The van der Waals surface area contributed by atoms with Crippen LogP contribution in [0.1, 0.15) is 24.1 Å². The number of rotatable bonds is 3. The molecule has 1 aliphatic heterocycles. The Morgan fingerprint density at radius 3 is 2.95 bits per heavy atom. The van der Waals surface area contributed by atoms with Crippen LogP contribution in [0.2, 0.25) is 0 Å². The van der Waals surface area contributed by atoms with E-state index in [0.29, 0.717) is 6.04 Å². The zero-order valence-electron chi connectivity index (χ0n) is 10.8. The minimum atomic E-state index is 0.295. The van der Waals surface area contributed by atoms with E-state index < -0.39 is 0 Å². The standard InChI is InChI=1S/C16H16INO/c1-11(18-15-4-2-3-14(17)10-15)12-5-6-16-13(9-12)7-8-19-16/h2-6,9-11,18H,7-8H2,1H3. The summed E-state index contributed by atoms with van der Waals surface area (Å²) in [5.41, 5.74) is 3.80. The third-order valence-corrected chi connectivity index (χ3v) is 4.09. The van der Waals surface area contributed by atoms with Crippen LogP contribution in [0.25, 0.3) is 0 Å². The lowest BCUT2D eigenvalue weighted by Gasteiger charge is -2.16. The average Bonchev–Trinajstić information content (AvgIpc) is 2.85. The van der Waals surface area contributed by atoms with Crippen molar-refractivity contribution in [2.24, 2.45) is 0 Å². The number of ether oxygens (including phenoxy) is 1. The van der Waals surface area contributed by atoms with Crippen LogP contribution in [0, 0.1) is 3.57 Å². The van der Waals surface area contributed by atoms with Gasteiger partial charge in [0.05, 0.1) is 6.61 Å². The highest BCUT2D eigenvalue weighted by Crippen LogP contribution is 2.29. The molecule has 0 bridgehead atoms. The summed E-state index contributed by atoms with van der Waals surface area (Å²) in [5, 5.41) is 3.54. The monoisotopic (exact) mass is 365 g/mol. The second kappa shape index (κ2) is 5.41. The first kappa shape index (κ1) is 12.8. The molecule has 0 aliphatic carbocycles. The molecule has 1 heterocycles. The number of halogens is 1. The van der Waals surface area contributed by atoms with Crippen LogP contribution in [0.5, 0.6) is 5.75 Å². The molecule has 1 atom stereocenters. The first-order valence-electron chi connectivity index (χ1n) is 6.50. The smallest absolute Gasteiger partial charge is 0.122 e. The van der Waals surface area contributed by atoms with E-state index in [1.807, 2.05) is 0 Å². The highest BCUT2D eigenvalue weighted by molar-refractivity contribution is 14.1. The summed E-state index contributed by atoms with van der Waals surface area (Å²) < 4.78 is 6.79. The van der Waals surface area contributed by atoms with Crippen molar-refractivity contribution in [2.45, 2.75) is 19.4 Å². The topological polar surface area (TPSA) is 21.3 Å². The van der Waals surface area contributed by atoms with Crippen LogP contribution in [0.15, 0.2) is 42.5 Å². The van der Waals surface area contributed by atoms with Crippen molar-refractivity contribution in [1.82, 2.24) is 0 Å². The molecule has 3 heteroatoms. The molecule has 1 N–H and O–H groups in total. The molecular weight excluding hydrogens is 349 g/mol. The summed E-state index contributed by atoms with van der Waals surface area (Å²) >= 11 is 2.33. The zero-order chi connectivity index (χ0) is 13.2. The van der Waals surface area contributed by atoms with Gasteiger partial charge in [0.2, 0.25) is 0 Å². The van der Waals surface area contributed by atoms with Crippen LogP contribution in [0.3, 0.4) is 0 Å². The molecule has 0 saturated carbocycles. The van der Waals surface area contributed by atoms with Gasteiger partial charge in [-0.25, -0.2) is 0 Å². The molecule has 19 heavy (non-hydrogen) atoms. The molecule has 1 unspecified atom stereocenters. The van der Waals surface area contributed by atoms with E-state index in [-0.39, 0.29) is 0 Å². The van der Waals surface area contributed by atoms with Crippen molar-refractivity contribution in [3.8, 4) is 5.75 Å². The molecule has 98 valence electrons. The minimum absolute atomic E-state index is 0.295. The molecule has 0 saturated heterocycles. The van der Waals surface area contributed by atoms with Gasteiger partial charge in [0.25, 0.3) is 0 Å². The Morgan fingerprint density at radius 2 is 2.11 bits per heavy atom. The van der Waals surface area contributed by atoms with Crippen molar-refractivity contribution in [3.63, 3.8) is 0 Å². The largest absolute Gasteiger partial charge is 0.493 e. The van der Waals surface area contributed by atoms with E-state index in [1.165, 1.54) is 14.7 Å². The zero-order valence-corrected chi connectivity index (χ0v) is 13.0. The van der Waals surface area contributed by atoms with Gasteiger partial charge in [-0.3, -0.25) is 0 Å². The Morgan fingerprint density at radius 1 is 1.21 bits per heavy atom. The summed E-state index contributed by atoms with van der Waals surface area (Å²) in [6.07, 6.45) is 1.03. The average molecular weight is 365 g/mol. The van der Waals surface area contributed by atoms with Gasteiger partial charge in [0, 0.05) is 21.7 Å². The summed E-state index contributed by atoms with van der Waals surface area (Å²) in [6, 6.07) is 15.2. The molecule has 3 rings (SSSR count). The predicted octanol–water partition coefficient (Wildman–Crippen LogP) is 4.40. The molecular formula is C16H16INO. The summed E-state index contributed by atoms with van der Waals surface area (Å²) in [4.78, 5) is 0. The molecule has 0 fully saturated rings. The number of hydrogen-bond acceptors (Lipinski definition) is 2. The third-order valence-electron chi connectivity index (χ3n) is 3.42. The molecule has 2 aromatic carbocycles. The maximum atomic E-state index is 5.55. The molecule has 0 amide bonds. The Kier molecular flexibility index (Phi) is 3.64. The first-order chi connectivity index (χ1) is 9.22. The second-order valence-electron chi connectivity index (χ2n) is 4.84. The van der Waals surface area contributed by atoms with Gasteiger partial charge in [-0.15, -0.1) is 0 Å². The van der Waals surface area contributed by atoms with Crippen LogP contribution >= 0.6 is 22.6 Å². The normalized spacial score (nSPS) is 14.6. The number of fused-ring (bicyclic) bond motifs is 1. The number of anilines is 1. The number of nitrogens with one attached hydrogen (secondary N) is 1. The molecule has 0 spiro atoms. The van der Waals surface area contributed by atoms with Gasteiger partial charge < -0.3 is 10.1 Å². The molecule has 0 radical (unpaired) electrons. The SMILES string of the molecule is CC(Nc1cccc(I)c1)c1ccc2c(c1)CCO2. The van der Waals surface area contributed by atoms with E-state index in [0.717, 1.165) is 24.5 Å². The fourth-order valence-electron chi connectivity index (χ4n) is 2.39. The lowest BCUT2D eigenvalue weighted by atomic mass is 10.0. The van der Waals surface area contributed by atoms with E-state index in [2.05, 4.69) is 77.3 Å². The van der Waals surface area contributed by atoms with E-state index >= 15 is 0 Å². The van der Waals surface area contributed by atoms with E-state index in [4.69, 9.17) is 4.74 Å². The van der Waals surface area contributed by atoms with Gasteiger partial charge >= 0.3 is 0 Å². The Hall–Kier alpha value is -1.23. The molecule has 2 aromatic rings. The Balaban J connectivity index is 1.78. The van der Waals surface area contributed by atoms with Crippen LogP contribution in [-0.4, -0.2) is 6.61 Å². The molecule has 0 aromatic heterocycles. The lowest BCUT2D eigenvalue weighted by molar-refractivity contribution is 0.357. The van der Waals surface area contributed by atoms with Crippen LogP contribution in [0.4, 0.5) is 5.69 Å². The summed E-state index contributed by atoms with van der Waals surface area (Å²) in [7, 11) is 0. The van der Waals surface area contributed by atoms with Crippen LogP contribution in [-0.2, 0) is 6.42 Å². The lowest BCUT2D eigenvalue weighted by Crippen LogP contribution is -2.06. The fourth-order valence-corrected chi connectivity index (χ4v) is 2.93. The van der Waals surface area contributed by atoms with Gasteiger partial charge in [0.1, 0.15) is 5.75 Å². The Labute approximate surface area is 127 Å². The second-order valence-corrected chi connectivity index (χ2v) is 6.09. The Bertz CT molecular complexity index is 597. The molecule has 1 aliphatic rings. The number of hydrogen-bond donors (Lipinski definition) is 1. The van der Waals surface area contributed by atoms with Gasteiger partial charge in [0.15, 0.2) is 0 Å². The molecule has 2 nitrogen and oxygen atoms in total. The van der Waals surface area contributed by atoms with Crippen molar-refractivity contribution in [3.05, 3.63) is 57.2 Å². The minimum Gasteiger partial charge on any atom is -0.493 e. The quantitative estimate of drug-likeness (QED) is 0.815. The van der Waals surface area contributed by atoms with Crippen molar-refractivity contribution >= 4 is 28.3 Å². The maximum Gasteiger partial charge on any atom is 0.122 e. The van der Waals surface area contributed by atoms with Gasteiger partial charge in [-0.2, -0.15) is 0 Å². The number of benzene rings is 2. The fraction of sp³-hybridized carbons (Fsp3) is 0.250.